The Bertz CT molecular complexity index is 338. The van der Waals surface area contributed by atoms with Crippen LogP contribution in [0.25, 0.3) is 0 Å². The highest BCUT2D eigenvalue weighted by Gasteiger charge is 2.15. The summed E-state index contributed by atoms with van der Waals surface area (Å²) in [6.45, 7) is 1.95. The van der Waals surface area contributed by atoms with Gasteiger partial charge in [-0.1, -0.05) is 17.7 Å². The number of nitrogens with two attached hydrogens (primary N) is 1. The second-order valence-electron chi connectivity index (χ2n) is 3.20. The molecule has 15 heavy (non-hydrogen) atoms. The van der Waals surface area contributed by atoms with Crippen molar-refractivity contribution in [3.8, 4) is 0 Å². The number of carbonyl (C=O) groups excluding carboxylic acids is 1. The van der Waals surface area contributed by atoms with Crippen molar-refractivity contribution in [3.05, 3.63) is 35.4 Å². The normalized spacial score (nSPS) is 12.6. The van der Waals surface area contributed by atoms with E-state index in [1.807, 2.05) is 19.1 Å². The lowest BCUT2D eigenvalue weighted by atomic mass is 10.1. The van der Waals surface area contributed by atoms with E-state index in [4.69, 9.17) is 28.9 Å². The quantitative estimate of drug-likeness (QED) is 0.632. The van der Waals surface area contributed by atoms with Crippen molar-refractivity contribution in [2.24, 2.45) is 5.73 Å². The van der Waals surface area contributed by atoms with Crippen molar-refractivity contribution in [1.29, 1.82) is 0 Å². The smallest absolute Gasteiger partial charge is 0.252 e. The fourth-order valence-corrected chi connectivity index (χ4v) is 1.13. The molecule has 0 spiro atoms. The van der Waals surface area contributed by atoms with Crippen LogP contribution in [0.15, 0.2) is 24.3 Å². The maximum absolute atomic E-state index is 11.6. The third-order valence-electron chi connectivity index (χ3n) is 1.88. The lowest BCUT2D eigenvalue weighted by molar-refractivity contribution is 0.0940. The zero-order chi connectivity index (χ0) is 11.4. The van der Waals surface area contributed by atoms with Crippen LogP contribution in [0.4, 0.5) is 0 Å². The molecule has 3 nitrogen and oxygen atoms in total. The Morgan fingerprint density at radius 2 is 1.87 bits per heavy atom. The summed E-state index contributed by atoms with van der Waals surface area (Å²) < 4.78 is 0. The highest BCUT2D eigenvalue weighted by Crippen LogP contribution is 2.06. The second kappa shape index (κ2) is 5.35. The fraction of sp³-hybridized carbons (Fsp3) is 0.300. The summed E-state index contributed by atoms with van der Waals surface area (Å²) in [6, 6.07) is 7.13. The number of carbonyl (C=O) groups is 1. The van der Waals surface area contributed by atoms with Gasteiger partial charge in [-0.05, 0) is 19.1 Å². The Morgan fingerprint density at radius 3 is 2.33 bits per heavy atom. The largest absolute Gasteiger partial charge is 0.334 e. The SMILES string of the molecule is Cc1ccc(C(=O)N[C@H](N)C(Cl)Cl)cc1. The molecular formula is C10H12Cl2N2O. The molecule has 0 saturated carbocycles. The lowest BCUT2D eigenvalue weighted by Crippen LogP contribution is -2.45. The first kappa shape index (κ1) is 12.3. The molecule has 1 rings (SSSR count). The molecule has 1 aromatic carbocycles. The summed E-state index contributed by atoms with van der Waals surface area (Å²) in [6.07, 6.45) is -0.762. The number of nitrogens with one attached hydrogen (secondary N) is 1. The topological polar surface area (TPSA) is 55.1 Å². The van der Waals surface area contributed by atoms with Gasteiger partial charge in [0.05, 0.1) is 0 Å². The highest BCUT2D eigenvalue weighted by atomic mass is 35.5. The van der Waals surface area contributed by atoms with Crippen molar-refractivity contribution in [1.82, 2.24) is 5.32 Å². The molecule has 1 aromatic rings. The van der Waals surface area contributed by atoms with E-state index in [1.54, 1.807) is 12.1 Å². The third-order valence-corrected chi connectivity index (χ3v) is 2.43. The van der Waals surface area contributed by atoms with Crippen LogP contribution in [0.1, 0.15) is 15.9 Å². The molecule has 1 amide bonds. The Hall–Kier alpha value is -0.770. The van der Waals surface area contributed by atoms with Gasteiger partial charge in [-0.2, -0.15) is 0 Å². The van der Waals surface area contributed by atoms with Gasteiger partial charge in [-0.3, -0.25) is 4.79 Å². The van der Waals surface area contributed by atoms with Gasteiger partial charge < -0.3 is 11.1 Å². The van der Waals surface area contributed by atoms with Gasteiger partial charge in [0.15, 0.2) is 0 Å². The molecule has 0 aromatic heterocycles. The Balaban J connectivity index is 2.65. The number of hydrogen-bond acceptors (Lipinski definition) is 2. The fourth-order valence-electron chi connectivity index (χ4n) is 1.00. The van der Waals surface area contributed by atoms with E-state index in [0.29, 0.717) is 5.56 Å². The molecule has 0 fully saturated rings. The van der Waals surface area contributed by atoms with Crippen LogP contribution in [0.5, 0.6) is 0 Å². The van der Waals surface area contributed by atoms with E-state index >= 15 is 0 Å². The molecule has 0 bridgehead atoms. The van der Waals surface area contributed by atoms with E-state index in [1.165, 1.54) is 0 Å². The van der Waals surface area contributed by atoms with Gasteiger partial charge in [0.2, 0.25) is 0 Å². The molecule has 0 radical (unpaired) electrons. The minimum atomic E-state index is -0.820. The Morgan fingerprint density at radius 1 is 1.33 bits per heavy atom. The zero-order valence-electron chi connectivity index (χ0n) is 8.21. The molecule has 3 N–H and O–H groups in total. The summed E-state index contributed by atoms with van der Waals surface area (Å²) in [5.74, 6) is -0.284. The molecule has 0 aliphatic rings. The van der Waals surface area contributed by atoms with Gasteiger partial charge in [-0.25, -0.2) is 0 Å². The molecule has 1 atom stereocenters. The number of amides is 1. The maximum Gasteiger partial charge on any atom is 0.252 e. The zero-order valence-corrected chi connectivity index (χ0v) is 9.72. The minimum Gasteiger partial charge on any atom is -0.334 e. The van der Waals surface area contributed by atoms with E-state index in [-0.39, 0.29) is 5.91 Å². The predicted molar refractivity (Wildman–Crippen MR) is 62.1 cm³/mol. The van der Waals surface area contributed by atoms with Crippen molar-refractivity contribution in [3.63, 3.8) is 0 Å². The molecule has 5 heteroatoms. The first-order valence-corrected chi connectivity index (χ1v) is 5.29. The Kier molecular flexibility index (Phi) is 4.39. The summed E-state index contributed by atoms with van der Waals surface area (Å²) in [7, 11) is 0. The average Bonchev–Trinajstić information content (AvgIpc) is 2.18. The average molecular weight is 247 g/mol. The number of aryl methyl sites for hydroxylation is 1. The standard InChI is InChI=1S/C10H12Cl2N2O/c1-6-2-4-7(5-3-6)10(15)14-9(13)8(11)12/h2-5,8-9H,13H2,1H3,(H,14,15)/t9-/m0/s1. The van der Waals surface area contributed by atoms with E-state index in [0.717, 1.165) is 5.56 Å². The summed E-state index contributed by atoms with van der Waals surface area (Å²) in [4.78, 5) is 10.7. The van der Waals surface area contributed by atoms with Gasteiger partial charge in [0.1, 0.15) is 11.0 Å². The van der Waals surface area contributed by atoms with E-state index < -0.39 is 11.0 Å². The van der Waals surface area contributed by atoms with Crippen LogP contribution in [0, 0.1) is 6.92 Å². The van der Waals surface area contributed by atoms with Crippen LogP contribution in [-0.2, 0) is 0 Å². The number of benzene rings is 1. The third kappa shape index (κ3) is 3.70. The minimum absolute atomic E-state index is 0.284. The van der Waals surface area contributed by atoms with Gasteiger partial charge in [0, 0.05) is 5.56 Å². The van der Waals surface area contributed by atoms with Crippen LogP contribution < -0.4 is 11.1 Å². The summed E-state index contributed by atoms with van der Waals surface area (Å²) >= 11 is 11.0. The molecule has 0 saturated heterocycles. The molecule has 0 aliphatic carbocycles. The number of rotatable bonds is 3. The molecular weight excluding hydrogens is 235 g/mol. The van der Waals surface area contributed by atoms with Gasteiger partial charge in [0.25, 0.3) is 5.91 Å². The summed E-state index contributed by atoms with van der Waals surface area (Å²) in [5.41, 5.74) is 7.11. The van der Waals surface area contributed by atoms with Crippen molar-refractivity contribution in [2.75, 3.05) is 0 Å². The molecule has 0 unspecified atom stereocenters. The van der Waals surface area contributed by atoms with Crippen molar-refractivity contribution in [2.45, 2.75) is 17.9 Å². The molecule has 82 valence electrons. The van der Waals surface area contributed by atoms with Crippen LogP contribution in [-0.4, -0.2) is 16.9 Å². The van der Waals surface area contributed by atoms with Crippen LogP contribution in [0.2, 0.25) is 0 Å². The highest BCUT2D eigenvalue weighted by molar-refractivity contribution is 6.44. The Labute approximate surface area is 98.5 Å². The predicted octanol–water partition coefficient (Wildman–Crippen LogP) is 1.81. The van der Waals surface area contributed by atoms with Crippen molar-refractivity contribution >= 4 is 29.1 Å². The first-order valence-electron chi connectivity index (χ1n) is 4.42. The van der Waals surface area contributed by atoms with Gasteiger partial charge in [-0.15, -0.1) is 23.2 Å². The number of hydrogen-bond donors (Lipinski definition) is 2. The monoisotopic (exact) mass is 246 g/mol. The van der Waals surface area contributed by atoms with Crippen molar-refractivity contribution < 1.29 is 4.79 Å². The van der Waals surface area contributed by atoms with E-state index in [2.05, 4.69) is 5.32 Å². The number of alkyl halides is 2. The van der Waals surface area contributed by atoms with Gasteiger partial charge >= 0.3 is 0 Å². The summed E-state index contributed by atoms with van der Waals surface area (Å²) in [5, 5.41) is 2.49. The van der Waals surface area contributed by atoms with E-state index in [9.17, 15) is 4.79 Å². The molecule has 0 heterocycles. The first-order chi connectivity index (χ1) is 7.00. The molecule has 0 aliphatic heterocycles. The lowest BCUT2D eigenvalue weighted by Gasteiger charge is -2.14. The second-order valence-corrected chi connectivity index (χ2v) is 4.36. The van der Waals surface area contributed by atoms with Crippen LogP contribution >= 0.6 is 23.2 Å². The maximum atomic E-state index is 11.6. The number of halogens is 2. The van der Waals surface area contributed by atoms with Crippen LogP contribution in [0.3, 0.4) is 0 Å².